The van der Waals surface area contributed by atoms with E-state index in [0.29, 0.717) is 13.1 Å². The second kappa shape index (κ2) is 11.5. The Bertz CT molecular complexity index is 1180. The predicted molar refractivity (Wildman–Crippen MR) is 126 cm³/mol. The topological polar surface area (TPSA) is 102 Å². The molecular weight excluding hydrogens is 487 g/mol. The molecule has 1 saturated heterocycles. The number of esters is 1. The van der Waals surface area contributed by atoms with Gasteiger partial charge in [0.05, 0.1) is 12.1 Å². The van der Waals surface area contributed by atoms with Crippen molar-refractivity contribution in [2.45, 2.75) is 24.2 Å². The molecule has 2 aromatic carbocycles. The number of carbonyl (C=O) groups is 2. The Morgan fingerprint density at radius 1 is 1.18 bits per heavy atom. The first-order valence-corrected chi connectivity index (χ1v) is 12.3. The van der Waals surface area contributed by atoms with E-state index in [2.05, 4.69) is 5.32 Å². The first kappa shape index (κ1) is 25.7. The summed E-state index contributed by atoms with van der Waals surface area (Å²) in [5.41, 5.74) is 0.220. The van der Waals surface area contributed by atoms with E-state index in [9.17, 15) is 22.4 Å². The lowest BCUT2D eigenvalue weighted by atomic mass is 10.2. The molecular formula is C23H24ClFN2O6S. The number of amides is 1. The quantitative estimate of drug-likeness (QED) is 0.427. The van der Waals surface area contributed by atoms with Crippen LogP contribution in [0, 0.1) is 5.82 Å². The van der Waals surface area contributed by atoms with Crippen molar-refractivity contribution in [3.05, 3.63) is 58.9 Å². The minimum Gasteiger partial charge on any atom is -0.495 e. The third kappa shape index (κ3) is 6.34. The molecule has 0 saturated carbocycles. The molecule has 3 rings (SSSR count). The third-order valence-electron chi connectivity index (χ3n) is 5.11. The van der Waals surface area contributed by atoms with Crippen LogP contribution in [0.1, 0.15) is 24.8 Å². The van der Waals surface area contributed by atoms with Crippen molar-refractivity contribution < 1.29 is 31.9 Å². The van der Waals surface area contributed by atoms with E-state index in [1.54, 1.807) is 0 Å². The van der Waals surface area contributed by atoms with Crippen molar-refractivity contribution in [3.63, 3.8) is 0 Å². The number of nitrogens with one attached hydrogen (secondary N) is 1. The van der Waals surface area contributed by atoms with Crippen LogP contribution < -0.4 is 10.1 Å². The summed E-state index contributed by atoms with van der Waals surface area (Å²) in [6.45, 7) is 0.210. The second-order valence-corrected chi connectivity index (χ2v) is 9.77. The molecule has 0 atom stereocenters. The van der Waals surface area contributed by atoms with Crippen LogP contribution in [0.25, 0.3) is 6.08 Å². The molecule has 0 bridgehead atoms. The van der Waals surface area contributed by atoms with Crippen LogP contribution in [0.5, 0.6) is 5.75 Å². The van der Waals surface area contributed by atoms with E-state index in [1.165, 1.54) is 47.8 Å². The Balaban J connectivity index is 1.64. The van der Waals surface area contributed by atoms with Crippen LogP contribution in [0.3, 0.4) is 0 Å². The van der Waals surface area contributed by atoms with Gasteiger partial charge in [0.25, 0.3) is 5.91 Å². The molecule has 0 aliphatic carbocycles. The van der Waals surface area contributed by atoms with Crippen molar-refractivity contribution in [2.24, 2.45) is 0 Å². The molecule has 1 N–H and O–H groups in total. The highest BCUT2D eigenvalue weighted by molar-refractivity contribution is 7.89. The van der Waals surface area contributed by atoms with E-state index in [-0.39, 0.29) is 26.9 Å². The maximum absolute atomic E-state index is 13.7. The number of hydrogen-bond acceptors (Lipinski definition) is 6. The van der Waals surface area contributed by atoms with Gasteiger partial charge in [-0.1, -0.05) is 24.1 Å². The van der Waals surface area contributed by atoms with Crippen molar-refractivity contribution in [2.75, 3.05) is 32.1 Å². The molecule has 0 aromatic heterocycles. The van der Waals surface area contributed by atoms with Gasteiger partial charge < -0.3 is 14.8 Å². The molecule has 0 unspecified atom stereocenters. The minimum atomic E-state index is -3.81. The normalized spacial score (nSPS) is 14.7. The second-order valence-electron chi connectivity index (χ2n) is 7.45. The summed E-state index contributed by atoms with van der Waals surface area (Å²) in [7, 11) is -2.44. The fourth-order valence-electron chi connectivity index (χ4n) is 3.40. The largest absolute Gasteiger partial charge is 0.495 e. The molecule has 8 nitrogen and oxygen atoms in total. The summed E-state index contributed by atoms with van der Waals surface area (Å²) >= 11 is 5.88. The smallest absolute Gasteiger partial charge is 0.331 e. The highest BCUT2D eigenvalue weighted by Gasteiger charge is 2.29. The number of sulfonamides is 1. The number of methoxy groups -OCH3 is 1. The molecule has 1 heterocycles. The van der Waals surface area contributed by atoms with Crippen molar-refractivity contribution in [1.82, 2.24) is 4.31 Å². The van der Waals surface area contributed by atoms with Gasteiger partial charge in [0.1, 0.15) is 16.5 Å². The average Bonchev–Trinajstić information content (AvgIpc) is 2.83. The van der Waals surface area contributed by atoms with Crippen LogP contribution >= 0.6 is 11.6 Å². The number of ether oxygens (including phenoxy) is 2. The number of piperidine rings is 1. The monoisotopic (exact) mass is 510 g/mol. The summed E-state index contributed by atoms with van der Waals surface area (Å²) in [5.74, 6) is -2.01. The highest BCUT2D eigenvalue weighted by atomic mass is 35.5. The van der Waals surface area contributed by atoms with Gasteiger partial charge in [-0.05, 0) is 49.2 Å². The fourth-order valence-corrected chi connectivity index (χ4v) is 5.33. The van der Waals surface area contributed by atoms with Gasteiger partial charge in [-0.3, -0.25) is 4.79 Å². The summed E-state index contributed by atoms with van der Waals surface area (Å²) < 4.78 is 51.4. The molecule has 1 fully saturated rings. The SMILES string of the molecule is COc1ccc(NC(=O)COC(=O)/C=C/c2c(F)cccc2Cl)cc1S(=O)(=O)N1CCCCC1. The third-order valence-corrected chi connectivity index (χ3v) is 7.36. The minimum absolute atomic E-state index is 0.0197. The number of carbonyl (C=O) groups excluding carboxylic acids is 2. The number of hydrogen-bond donors (Lipinski definition) is 1. The number of anilines is 1. The number of halogens is 2. The fraction of sp³-hybridized carbons (Fsp3) is 0.304. The maximum Gasteiger partial charge on any atom is 0.331 e. The van der Waals surface area contributed by atoms with E-state index in [4.69, 9.17) is 21.1 Å². The molecule has 182 valence electrons. The zero-order valence-electron chi connectivity index (χ0n) is 18.4. The van der Waals surface area contributed by atoms with Crippen LogP contribution in [0.2, 0.25) is 5.02 Å². The molecule has 11 heteroatoms. The molecule has 1 aliphatic rings. The van der Waals surface area contributed by atoms with Gasteiger partial charge in [-0.2, -0.15) is 4.31 Å². The Kier molecular flexibility index (Phi) is 8.65. The summed E-state index contributed by atoms with van der Waals surface area (Å²) in [4.78, 5) is 24.1. The molecule has 34 heavy (non-hydrogen) atoms. The van der Waals surface area contributed by atoms with E-state index < -0.39 is 34.3 Å². The number of nitrogens with zero attached hydrogens (tertiary/aromatic N) is 1. The standard InChI is InChI=1S/C23H24ClFN2O6S/c1-32-20-10-8-16(14-21(20)34(30,31)27-12-3-2-4-13-27)26-22(28)15-33-23(29)11-9-17-18(24)6-5-7-19(17)25/h5-11,14H,2-4,12-13,15H2,1H3,(H,26,28)/b11-9+. The van der Waals surface area contributed by atoms with Crippen LogP contribution in [-0.2, 0) is 24.3 Å². The summed E-state index contributed by atoms with van der Waals surface area (Å²) in [5, 5.41) is 2.62. The maximum atomic E-state index is 13.7. The van der Waals surface area contributed by atoms with Gasteiger partial charge >= 0.3 is 5.97 Å². The van der Waals surface area contributed by atoms with Gasteiger partial charge in [0.15, 0.2) is 6.61 Å². The van der Waals surface area contributed by atoms with E-state index >= 15 is 0 Å². The highest BCUT2D eigenvalue weighted by Crippen LogP contribution is 2.31. The zero-order chi connectivity index (χ0) is 24.7. The van der Waals surface area contributed by atoms with Gasteiger partial charge in [-0.15, -0.1) is 0 Å². The number of benzene rings is 2. The van der Waals surface area contributed by atoms with Gasteiger partial charge in [-0.25, -0.2) is 17.6 Å². The Morgan fingerprint density at radius 3 is 2.59 bits per heavy atom. The Morgan fingerprint density at radius 2 is 1.91 bits per heavy atom. The average molecular weight is 511 g/mol. The first-order chi connectivity index (χ1) is 16.2. The number of rotatable bonds is 8. The molecule has 0 spiro atoms. The lowest BCUT2D eigenvalue weighted by Crippen LogP contribution is -2.35. The van der Waals surface area contributed by atoms with Crippen molar-refractivity contribution >= 4 is 45.3 Å². The van der Waals surface area contributed by atoms with Crippen LogP contribution in [-0.4, -0.2) is 51.4 Å². The lowest BCUT2D eigenvalue weighted by Gasteiger charge is -2.26. The summed E-state index contributed by atoms with van der Waals surface area (Å²) in [6.07, 6.45) is 4.63. The lowest BCUT2D eigenvalue weighted by molar-refractivity contribution is -0.142. The molecule has 1 amide bonds. The Labute approximate surface area is 202 Å². The summed E-state index contributed by atoms with van der Waals surface area (Å²) in [6, 6.07) is 8.33. The van der Waals surface area contributed by atoms with Gasteiger partial charge in [0.2, 0.25) is 10.0 Å². The molecule has 1 aliphatic heterocycles. The van der Waals surface area contributed by atoms with Crippen molar-refractivity contribution in [3.8, 4) is 5.75 Å². The van der Waals surface area contributed by atoms with Crippen LogP contribution in [0.15, 0.2) is 47.4 Å². The Hall–Kier alpha value is -2.95. The van der Waals surface area contributed by atoms with Crippen molar-refractivity contribution in [1.29, 1.82) is 0 Å². The van der Waals surface area contributed by atoms with Crippen LogP contribution in [0.4, 0.5) is 10.1 Å². The van der Waals surface area contributed by atoms with E-state index in [0.717, 1.165) is 31.4 Å². The molecule has 0 radical (unpaired) electrons. The van der Waals surface area contributed by atoms with E-state index in [1.807, 2.05) is 0 Å². The van der Waals surface area contributed by atoms with Gasteiger partial charge in [0, 0.05) is 30.4 Å². The zero-order valence-corrected chi connectivity index (χ0v) is 20.0. The predicted octanol–water partition coefficient (Wildman–Crippen LogP) is 3.86. The first-order valence-electron chi connectivity index (χ1n) is 10.5. The molecule has 2 aromatic rings.